The van der Waals surface area contributed by atoms with Gasteiger partial charge in [0, 0.05) is 18.2 Å². The molecule has 1 unspecified atom stereocenters. The molecule has 1 fully saturated rings. The number of amides is 1. The number of hydrogen-bond acceptors (Lipinski definition) is 2. The molecule has 1 atom stereocenters. The van der Waals surface area contributed by atoms with E-state index in [-0.39, 0.29) is 18.2 Å². The lowest BCUT2D eigenvalue weighted by atomic mass is 10.1. The van der Waals surface area contributed by atoms with Crippen molar-refractivity contribution in [1.29, 1.82) is 0 Å². The normalized spacial score (nSPS) is 16.4. The summed E-state index contributed by atoms with van der Waals surface area (Å²) in [6, 6.07) is 1.18. The standard InChI is InChI=1S/C12H13F3N2O/c13-8-3-7(4-9(14)11(8)15)12(18)17-5-10(16)6-1-2-6/h3-4,6,10H,1-2,5,16H2,(H,17,18). The molecule has 1 aliphatic carbocycles. The average Bonchev–Trinajstić information content (AvgIpc) is 3.16. The van der Waals surface area contributed by atoms with Crippen molar-refractivity contribution in [3.63, 3.8) is 0 Å². The first-order valence-corrected chi connectivity index (χ1v) is 5.67. The van der Waals surface area contributed by atoms with Gasteiger partial charge in [-0.3, -0.25) is 4.79 Å². The van der Waals surface area contributed by atoms with E-state index in [0.29, 0.717) is 18.1 Å². The summed E-state index contributed by atoms with van der Waals surface area (Å²) in [7, 11) is 0. The molecule has 0 heterocycles. The fourth-order valence-electron chi connectivity index (χ4n) is 1.69. The molecule has 1 amide bonds. The van der Waals surface area contributed by atoms with E-state index in [0.717, 1.165) is 12.8 Å². The van der Waals surface area contributed by atoms with Crippen molar-refractivity contribution < 1.29 is 18.0 Å². The highest BCUT2D eigenvalue weighted by atomic mass is 19.2. The second-order valence-electron chi connectivity index (χ2n) is 4.47. The lowest BCUT2D eigenvalue weighted by Gasteiger charge is -2.11. The summed E-state index contributed by atoms with van der Waals surface area (Å²) in [5, 5.41) is 2.47. The number of carbonyl (C=O) groups excluding carboxylic acids is 1. The molecule has 6 heteroatoms. The molecule has 0 bridgehead atoms. The highest BCUT2D eigenvalue weighted by Gasteiger charge is 2.28. The molecule has 0 aliphatic heterocycles. The zero-order chi connectivity index (χ0) is 13.3. The Morgan fingerprint density at radius 2 is 1.89 bits per heavy atom. The molecule has 0 saturated heterocycles. The third-order valence-corrected chi connectivity index (χ3v) is 2.97. The quantitative estimate of drug-likeness (QED) is 0.805. The van der Waals surface area contributed by atoms with Crippen LogP contribution in [-0.2, 0) is 0 Å². The third kappa shape index (κ3) is 2.81. The van der Waals surface area contributed by atoms with E-state index in [4.69, 9.17) is 5.73 Å². The van der Waals surface area contributed by atoms with Gasteiger partial charge in [-0.1, -0.05) is 0 Å². The molecule has 1 aliphatic rings. The summed E-state index contributed by atoms with van der Waals surface area (Å²) < 4.78 is 38.5. The molecule has 0 spiro atoms. The molecule has 3 N–H and O–H groups in total. The van der Waals surface area contributed by atoms with Crippen molar-refractivity contribution in [2.45, 2.75) is 18.9 Å². The van der Waals surface area contributed by atoms with E-state index in [2.05, 4.69) is 5.32 Å². The van der Waals surface area contributed by atoms with E-state index < -0.39 is 23.4 Å². The van der Waals surface area contributed by atoms with Crippen molar-refractivity contribution in [1.82, 2.24) is 5.32 Å². The van der Waals surface area contributed by atoms with Gasteiger partial charge in [-0.05, 0) is 30.9 Å². The van der Waals surface area contributed by atoms with Crippen LogP contribution in [0.2, 0.25) is 0 Å². The van der Waals surface area contributed by atoms with Crippen LogP contribution in [0.4, 0.5) is 13.2 Å². The maximum atomic E-state index is 12.9. The van der Waals surface area contributed by atoms with Crippen LogP contribution >= 0.6 is 0 Å². The number of nitrogens with one attached hydrogen (secondary N) is 1. The maximum absolute atomic E-state index is 12.9. The number of benzene rings is 1. The Balaban J connectivity index is 1.99. The second-order valence-corrected chi connectivity index (χ2v) is 4.47. The molecule has 1 aromatic rings. The minimum Gasteiger partial charge on any atom is -0.350 e. The van der Waals surface area contributed by atoms with Crippen LogP contribution in [0.1, 0.15) is 23.2 Å². The van der Waals surface area contributed by atoms with Gasteiger partial charge in [0.05, 0.1) is 0 Å². The molecular weight excluding hydrogens is 245 g/mol. The minimum atomic E-state index is -1.58. The molecule has 1 saturated carbocycles. The molecule has 1 aromatic carbocycles. The van der Waals surface area contributed by atoms with Crippen LogP contribution in [0, 0.1) is 23.4 Å². The van der Waals surface area contributed by atoms with Gasteiger partial charge < -0.3 is 11.1 Å². The largest absolute Gasteiger partial charge is 0.350 e. The van der Waals surface area contributed by atoms with E-state index in [1.54, 1.807) is 0 Å². The Morgan fingerprint density at radius 3 is 2.39 bits per heavy atom. The predicted molar refractivity (Wildman–Crippen MR) is 59.3 cm³/mol. The zero-order valence-electron chi connectivity index (χ0n) is 9.55. The topological polar surface area (TPSA) is 55.1 Å². The Kier molecular flexibility index (Phi) is 3.56. The van der Waals surface area contributed by atoms with Gasteiger partial charge in [-0.15, -0.1) is 0 Å². The van der Waals surface area contributed by atoms with Crippen molar-refractivity contribution in [2.24, 2.45) is 11.7 Å². The first-order valence-electron chi connectivity index (χ1n) is 5.67. The Bertz CT molecular complexity index is 451. The number of halogens is 3. The van der Waals surface area contributed by atoms with E-state index in [1.165, 1.54) is 0 Å². The van der Waals surface area contributed by atoms with E-state index in [9.17, 15) is 18.0 Å². The highest BCUT2D eigenvalue weighted by Crippen LogP contribution is 2.31. The molecular formula is C12H13F3N2O. The van der Waals surface area contributed by atoms with Crippen LogP contribution in [0.15, 0.2) is 12.1 Å². The van der Waals surface area contributed by atoms with Crippen LogP contribution in [0.25, 0.3) is 0 Å². The van der Waals surface area contributed by atoms with Crippen LogP contribution in [0.5, 0.6) is 0 Å². The van der Waals surface area contributed by atoms with Gasteiger partial charge in [0.25, 0.3) is 5.91 Å². The van der Waals surface area contributed by atoms with Crippen LogP contribution in [-0.4, -0.2) is 18.5 Å². The Hall–Kier alpha value is -1.56. The monoisotopic (exact) mass is 258 g/mol. The van der Waals surface area contributed by atoms with Crippen molar-refractivity contribution >= 4 is 5.91 Å². The van der Waals surface area contributed by atoms with E-state index in [1.807, 2.05) is 0 Å². The maximum Gasteiger partial charge on any atom is 0.251 e. The summed E-state index contributed by atoms with van der Waals surface area (Å²) in [6.45, 7) is 0.240. The van der Waals surface area contributed by atoms with E-state index >= 15 is 0 Å². The molecule has 0 radical (unpaired) electrons. The summed E-state index contributed by atoms with van der Waals surface area (Å²) in [6.07, 6.45) is 2.08. The molecule has 18 heavy (non-hydrogen) atoms. The fourth-order valence-corrected chi connectivity index (χ4v) is 1.69. The van der Waals surface area contributed by atoms with Crippen molar-refractivity contribution in [2.75, 3.05) is 6.54 Å². The Labute approximate surface area is 102 Å². The van der Waals surface area contributed by atoms with Gasteiger partial charge in [0.1, 0.15) is 0 Å². The summed E-state index contributed by atoms with van der Waals surface area (Å²) in [5.41, 5.74) is 5.51. The smallest absolute Gasteiger partial charge is 0.251 e. The van der Waals surface area contributed by atoms with Crippen LogP contribution < -0.4 is 11.1 Å². The minimum absolute atomic E-state index is 0.149. The number of carbonyl (C=O) groups is 1. The molecule has 3 nitrogen and oxygen atoms in total. The predicted octanol–water partition coefficient (Wildman–Crippen LogP) is 1.57. The van der Waals surface area contributed by atoms with Gasteiger partial charge in [-0.2, -0.15) is 0 Å². The number of nitrogens with two attached hydrogens (primary N) is 1. The van der Waals surface area contributed by atoms with Crippen LogP contribution in [0.3, 0.4) is 0 Å². The first kappa shape index (κ1) is 12.9. The highest BCUT2D eigenvalue weighted by molar-refractivity contribution is 5.94. The van der Waals surface area contributed by atoms with Gasteiger partial charge in [0.2, 0.25) is 0 Å². The summed E-state index contributed by atoms with van der Waals surface area (Å²) >= 11 is 0. The fraction of sp³-hybridized carbons (Fsp3) is 0.417. The zero-order valence-corrected chi connectivity index (χ0v) is 9.55. The van der Waals surface area contributed by atoms with Gasteiger partial charge in [-0.25, -0.2) is 13.2 Å². The van der Waals surface area contributed by atoms with Crippen molar-refractivity contribution in [3.8, 4) is 0 Å². The third-order valence-electron chi connectivity index (χ3n) is 2.97. The van der Waals surface area contributed by atoms with Gasteiger partial charge in [0.15, 0.2) is 17.5 Å². The summed E-state index contributed by atoms with van der Waals surface area (Å²) in [4.78, 5) is 11.6. The number of rotatable bonds is 4. The average molecular weight is 258 g/mol. The van der Waals surface area contributed by atoms with Gasteiger partial charge >= 0.3 is 0 Å². The molecule has 2 rings (SSSR count). The number of hydrogen-bond donors (Lipinski definition) is 2. The SMILES string of the molecule is NC(CNC(=O)c1cc(F)c(F)c(F)c1)C1CC1. The lowest BCUT2D eigenvalue weighted by Crippen LogP contribution is -2.38. The lowest BCUT2D eigenvalue weighted by molar-refractivity contribution is 0.0949. The first-order chi connectivity index (χ1) is 8.49. The summed E-state index contributed by atoms with van der Waals surface area (Å²) in [5.74, 6) is -4.60. The molecule has 98 valence electrons. The molecule has 0 aromatic heterocycles. The van der Waals surface area contributed by atoms with Crippen molar-refractivity contribution in [3.05, 3.63) is 35.1 Å². The Morgan fingerprint density at radius 1 is 1.33 bits per heavy atom. The second kappa shape index (κ2) is 4.97.